The lowest BCUT2D eigenvalue weighted by atomic mass is 10.1. The first-order chi connectivity index (χ1) is 16.2. The first kappa shape index (κ1) is 22.7. The number of carbonyl (C=O) groups is 1. The lowest BCUT2D eigenvalue weighted by Crippen LogP contribution is -2.47. The number of anilines is 2. The summed E-state index contributed by atoms with van der Waals surface area (Å²) in [5.74, 6) is 0.927. The van der Waals surface area contributed by atoms with E-state index in [1.807, 2.05) is 54.6 Å². The minimum atomic E-state index is -0.163. The van der Waals surface area contributed by atoms with Crippen molar-refractivity contribution in [1.82, 2.24) is 10.2 Å². The second-order valence-electron chi connectivity index (χ2n) is 8.18. The molecule has 1 aliphatic heterocycles. The van der Waals surface area contributed by atoms with Crippen LogP contribution < -0.4 is 20.3 Å². The van der Waals surface area contributed by atoms with E-state index in [-0.39, 0.29) is 6.03 Å². The summed E-state index contributed by atoms with van der Waals surface area (Å²) in [4.78, 5) is 17.1. The Morgan fingerprint density at radius 3 is 2.24 bits per heavy atom. The van der Waals surface area contributed by atoms with Gasteiger partial charge in [0.2, 0.25) is 0 Å². The fourth-order valence-corrected chi connectivity index (χ4v) is 4.16. The molecule has 0 bridgehead atoms. The Balaban J connectivity index is 1.14. The van der Waals surface area contributed by atoms with Crippen LogP contribution in [0.3, 0.4) is 0 Å². The maximum Gasteiger partial charge on any atom is 0.319 e. The number of piperazine rings is 1. The smallest absolute Gasteiger partial charge is 0.319 e. The fraction of sp³-hybridized carbons (Fsp3) is 0.296. The van der Waals surface area contributed by atoms with Crippen LogP contribution in [0.5, 0.6) is 5.75 Å². The van der Waals surface area contributed by atoms with Gasteiger partial charge in [0.25, 0.3) is 0 Å². The van der Waals surface area contributed by atoms with Crippen LogP contribution in [-0.4, -0.2) is 57.3 Å². The standard InChI is InChI=1S/C27H32N4O2/c1-33-26-11-6-5-10-25(26)31-20-18-30(19-21-31)17-7-16-28-27(32)29-24-14-12-23(13-15-24)22-8-3-2-4-9-22/h2-6,8-15H,7,16-21H2,1H3,(H2,28,29,32). The van der Waals surface area contributed by atoms with Crippen molar-refractivity contribution in [3.63, 3.8) is 0 Å². The summed E-state index contributed by atoms with van der Waals surface area (Å²) < 4.78 is 5.49. The van der Waals surface area contributed by atoms with Crippen LogP contribution in [0, 0.1) is 0 Å². The minimum absolute atomic E-state index is 0.163. The number of rotatable bonds is 8. The van der Waals surface area contributed by atoms with Gasteiger partial charge in [-0.25, -0.2) is 4.79 Å². The van der Waals surface area contributed by atoms with Crippen LogP contribution in [-0.2, 0) is 0 Å². The van der Waals surface area contributed by atoms with Gasteiger partial charge in [-0.2, -0.15) is 0 Å². The molecule has 0 aliphatic carbocycles. The second kappa shape index (κ2) is 11.4. The number of ether oxygens (including phenoxy) is 1. The van der Waals surface area contributed by atoms with Crippen LogP contribution >= 0.6 is 0 Å². The number of carbonyl (C=O) groups excluding carboxylic acids is 1. The third-order valence-corrected chi connectivity index (χ3v) is 5.98. The second-order valence-corrected chi connectivity index (χ2v) is 8.18. The third kappa shape index (κ3) is 6.26. The molecular formula is C27H32N4O2. The molecule has 0 unspecified atom stereocenters. The molecular weight excluding hydrogens is 412 g/mol. The SMILES string of the molecule is COc1ccccc1N1CCN(CCCNC(=O)Nc2ccc(-c3ccccc3)cc2)CC1. The molecule has 0 aromatic heterocycles. The maximum atomic E-state index is 12.2. The lowest BCUT2D eigenvalue weighted by Gasteiger charge is -2.36. The van der Waals surface area contributed by atoms with Crippen LogP contribution in [0.15, 0.2) is 78.9 Å². The van der Waals surface area contributed by atoms with Gasteiger partial charge in [-0.1, -0.05) is 54.6 Å². The highest BCUT2D eigenvalue weighted by atomic mass is 16.5. The van der Waals surface area contributed by atoms with Gasteiger partial charge in [-0.3, -0.25) is 4.90 Å². The number of hydrogen-bond donors (Lipinski definition) is 2. The predicted octanol–water partition coefficient (Wildman–Crippen LogP) is 4.70. The summed E-state index contributed by atoms with van der Waals surface area (Å²) in [5, 5.41) is 5.87. The Morgan fingerprint density at radius 2 is 1.52 bits per heavy atom. The van der Waals surface area contributed by atoms with E-state index in [9.17, 15) is 4.79 Å². The van der Waals surface area contributed by atoms with Crippen LogP contribution in [0.4, 0.5) is 16.2 Å². The van der Waals surface area contributed by atoms with Gasteiger partial charge in [0.05, 0.1) is 12.8 Å². The highest BCUT2D eigenvalue weighted by Crippen LogP contribution is 2.28. The summed E-state index contributed by atoms with van der Waals surface area (Å²) >= 11 is 0. The van der Waals surface area contributed by atoms with E-state index < -0.39 is 0 Å². The first-order valence-electron chi connectivity index (χ1n) is 11.5. The molecule has 0 spiro atoms. The molecule has 1 aliphatic rings. The van der Waals surface area contributed by atoms with E-state index in [2.05, 4.69) is 44.7 Å². The molecule has 33 heavy (non-hydrogen) atoms. The highest BCUT2D eigenvalue weighted by molar-refractivity contribution is 5.89. The van der Waals surface area contributed by atoms with E-state index >= 15 is 0 Å². The van der Waals surface area contributed by atoms with E-state index in [4.69, 9.17) is 4.74 Å². The number of nitrogens with one attached hydrogen (secondary N) is 2. The minimum Gasteiger partial charge on any atom is -0.495 e. The van der Waals surface area contributed by atoms with Gasteiger partial charge in [-0.05, 0) is 48.4 Å². The molecule has 1 fully saturated rings. The monoisotopic (exact) mass is 444 g/mol. The van der Waals surface area contributed by atoms with E-state index in [0.717, 1.165) is 67.4 Å². The Morgan fingerprint density at radius 1 is 0.848 bits per heavy atom. The van der Waals surface area contributed by atoms with Crippen molar-refractivity contribution in [3.8, 4) is 16.9 Å². The van der Waals surface area contributed by atoms with Crippen molar-refractivity contribution >= 4 is 17.4 Å². The molecule has 0 radical (unpaired) electrons. The average Bonchev–Trinajstić information content (AvgIpc) is 2.88. The Hall–Kier alpha value is -3.51. The van der Waals surface area contributed by atoms with Crippen LogP contribution in [0.1, 0.15) is 6.42 Å². The highest BCUT2D eigenvalue weighted by Gasteiger charge is 2.19. The topological polar surface area (TPSA) is 56.8 Å². The van der Waals surface area contributed by atoms with Gasteiger partial charge in [0, 0.05) is 38.4 Å². The lowest BCUT2D eigenvalue weighted by molar-refractivity contribution is 0.244. The van der Waals surface area contributed by atoms with Crippen molar-refractivity contribution in [2.75, 3.05) is 56.6 Å². The molecule has 1 saturated heterocycles. The molecule has 6 heteroatoms. The summed E-state index contributed by atoms with van der Waals surface area (Å²) in [5.41, 5.74) is 4.25. The number of para-hydroxylation sites is 2. The molecule has 4 rings (SSSR count). The van der Waals surface area contributed by atoms with E-state index in [1.165, 1.54) is 0 Å². The van der Waals surface area contributed by atoms with Gasteiger partial charge in [-0.15, -0.1) is 0 Å². The molecule has 3 aromatic rings. The van der Waals surface area contributed by atoms with Crippen molar-refractivity contribution in [2.45, 2.75) is 6.42 Å². The number of nitrogens with zero attached hydrogens (tertiary/aromatic N) is 2. The van der Waals surface area contributed by atoms with E-state index in [0.29, 0.717) is 6.54 Å². The predicted molar refractivity (Wildman–Crippen MR) is 135 cm³/mol. The molecule has 2 N–H and O–H groups in total. The molecule has 0 atom stereocenters. The molecule has 6 nitrogen and oxygen atoms in total. The van der Waals surface area contributed by atoms with Crippen molar-refractivity contribution in [2.24, 2.45) is 0 Å². The summed E-state index contributed by atoms with van der Waals surface area (Å²) in [7, 11) is 1.72. The number of hydrogen-bond acceptors (Lipinski definition) is 4. The normalized spacial score (nSPS) is 14.0. The van der Waals surface area contributed by atoms with Gasteiger partial charge in [0.15, 0.2) is 0 Å². The summed E-state index contributed by atoms with van der Waals surface area (Å²) in [6, 6.07) is 26.1. The zero-order chi connectivity index (χ0) is 22.9. The fourth-order valence-electron chi connectivity index (χ4n) is 4.16. The maximum absolute atomic E-state index is 12.2. The Labute approximate surface area is 196 Å². The third-order valence-electron chi connectivity index (χ3n) is 5.98. The number of methoxy groups -OCH3 is 1. The quantitative estimate of drug-likeness (QED) is 0.495. The Bertz CT molecular complexity index is 1020. The molecule has 0 saturated carbocycles. The van der Waals surface area contributed by atoms with Gasteiger partial charge < -0.3 is 20.3 Å². The van der Waals surface area contributed by atoms with Crippen molar-refractivity contribution in [1.29, 1.82) is 0 Å². The number of benzene rings is 3. The largest absolute Gasteiger partial charge is 0.495 e. The summed E-state index contributed by atoms with van der Waals surface area (Å²) in [6.07, 6.45) is 0.926. The first-order valence-corrected chi connectivity index (χ1v) is 11.5. The number of urea groups is 1. The van der Waals surface area contributed by atoms with E-state index in [1.54, 1.807) is 7.11 Å². The van der Waals surface area contributed by atoms with Crippen LogP contribution in [0.2, 0.25) is 0 Å². The average molecular weight is 445 g/mol. The molecule has 2 amide bonds. The molecule has 172 valence electrons. The number of amides is 2. The van der Waals surface area contributed by atoms with Crippen molar-refractivity contribution < 1.29 is 9.53 Å². The summed E-state index contributed by atoms with van der Waals surface area (Å²) in [6.45, 7) is 5.61. The van der Waals surface area contributed by atoms with Crippen molar-refractivity contribution in [3.05, 3.63) is 78.9 Å². The van der Waals surface area contributed by atoms with Crippen LogP contribution in [0.25, 0.3) is 11.1 Å². The van der Waals surface area contributed by atoms with Gasteiger partial charge in [0.1, 0.15) is 5.75 Å². The molecule has 1 heterocycles. The molecule has 3 aromatic carbocycles. The zero-order valence-electron chi connectivity index (χ0n) is 19.2. The Kier molecular flexibility index (Phi) is 7.82. The van der Waals surface area contributed by atoms with Gasteiger partial charge >= 0.3 is 6.03 Å². The zero-order valence-corrected chi connectivity index (χ0v) is 19.2.